The molecule has 0 radical (unpaired) electrons. The van der Waals surface area contributed by atoms with E-state index in [-0.39, 0.29) is 23.4 Å². The molecule has 8 heteroatoms. The molecule has 0 atom stereocenters. The van der Waals surface area contributed by atoms with Crippen LogP contribution in [0.1, 0.15) is 28.5 Å². The smallest absolute Gasteiger partial charge is 0.335 e. The van der Waals surface area contributed by atoms with Crippen LogP contribution in [-0.2, 0) is 6.54 Å². The van der Waals surface area contributed by atoms with Crippen molar-refractivity contribution in [1.82, 2.24) is 19.1 Å². The summed E-state index contributed by atoms with van der Waals surface area (Å²) in [5.41, 5.74) is 8.78. The summed E-state index contributed by atoms with van der Waals surface area (Å²) in [4.78, 5) is 34.5. The van der Waals surface area contributed by atoms with E-state index in [0.29, 0.717) is 11.5 Å². The fraction of sp³-hybridized carbons (Fsp3) is 0.182. The van der Waals surface area contributed by atoms with Gasteiger partial charge in [0, 0.05) is 12.1 Å². The maximum atomic E-state index is 13.4. The molecule has 1 amide bonds. The molecule has 0 spiro atoms. The number of primary amides is 1. The summed E-state index contributed by atoms with van der Waals surface area (Å²) in [5.74, 6) is -0.886. The zero-order valence-corrected chi connectivity index (χ0v) is 16.8. The largest absolute Gasteiger partial charge is 0.364 e. The lowest BCUT2D eigenvalue weighted by Gasteiger charge is -2.09. The molecule has 152 valence electrons. The number of benzene rings is 2. The predicted octanol–water partition coefficient (Wildman–Crippen LogP) is 3.12. The maximum absolute atomic E-state index is 13.4. The van der Waals surface area contributed by atoms with Gasteiger partial charge in [0.05, 0.1) is 5.69 Å². The highest BCUT2D eigenvalue weighted by Crippen LogP contribution is 2.26. The second kappa shape index (κ2) is 7.22. The molecule has 2 aromatic heterocycles. The molecule has 0 bridgehead atoms. The molecule has 4 aromatic rings. The number of aryl methyl sites for hydroxylation is 3. The number of carbonyl (C=O) groups excluding carboxylic acids is 1. The molecule has 2 aromatic carbocycles. The summed E-state index contributed by atoms with van der Waals surface area (Å²) in [6.45, 7) is 5.92. The van der Waals surface area contributed by atoms with Crippen molar-refractivity contribution < 1.29 is 9.18 Å². The molecule has 0 saturated heterocycles. The van der Waals surface area contributed by atoms with Gasteiger partial charge in [-0.15, -0.1) is 0 Å². The van der Waals surface area contributed by atoms with Gasteiger partial charge >= 0.3 is 5.69 Å². The van der Waals surface area contributed by atoms with E-state index in [1.54, 1.807) is 6.92 Å². The topological polar surface area (TPSA) is 95.8 Å². The summed E-state index contributed by atoms with van der Waals surface area (Å²) in [7, 11) is 0. The van der Waals surface area contributed by atoms with Crippen LogP contribution in [0.4, 0.5) is 4.39 Å². The molecule has 0 unspecified atom stereocenters. The summed E-state index contributed by atoms with van der Waals surface area (Å²) in [5, 5.41) is 0. The Morgan fingerprint density at radius 3 is 2.43 bits per heavy atom. The van der Waals surface area contributed by atoms with Crippen molar-refractivity contribution in [3.05, 3.63) is 75.6 Å². The lowest BCUT2D eigenvalue weighted by molar-refractivity contribution is 0.0997. The minimum absolute atomic E-state index is 0.0317. The normalized spacial score (nSPS) is 11.2. The lowest BCUT2D eigenvalue weighted by atomic mass is 10.0. The third-order valence-corrected chi connectivity index (χ3v) is 5.04. The molecule has 0 aliphatic heterocycles. The predicted molar refractivity (Wildman–Crippen MR) is 112 cm³/mol. The Kier molecular flexibility index (Phi) is 4.69. The minimum Gasteiger partial charge on any atom is -0.364 e. The SMILES string of the molecule is CCn1c(=O)n(-c2ccc(F)cc2)c2nc(-c3cc(C)ccc3C)nc(C(N)=O)c21. The first-order valence-corrected chi connectivity index (χ1v) is 9.48. The van der Waals surface area contributed by atoms with Crippen molar-refractivity contribution in [3.63, 3.8) is 0 Å². The Hall–Kier alpha value is -3.81. The number of imidazole rings is 1. The van der Waals surface area contributed by atoms with Crippen LogP contribution in [0.2, 0.25) is 0 Å². The molecule has 4 rings (SSSR count). The first-order chi connectivity index (χ1) is 14.3. The molecular weight excluding hydrogens is 385 g/mol. The average Bonchev–Trinajstić information content (AvgIpc) is 3.00. The highest BCUT2D eigenvalue weighted by atomic mass is 19.1. The van der Waals surface area contributed by atoms with Gasteiger partial charge in [-0.3, -0.25) is 9.36 Å². The summed E-state index contributed by atoms with van der Waals surface area (Å²) >= 11 is 0. The van der Waals surface area contributed by atoms with Gasteiger partial charge in [0.1, 0.15) is 11.3 Å². The average molecular weight is 405 g/mol. The minimum atomic E-state index is -0.757. The number of nitrogens with two attached hydrogens (primary N) is 1. The standard InChI is InChI=1S/C22H20FN5O2/c1-4-27-18-17(19(24)29)25-20(16-11-12(2)5-6-13(16)3)26-21(18)28(22(27)30)15-9-7-14(23)8-10-15/h5-11H,4H2,1-3H3,(H2,24,29). The zero-order chi connectivity index (χ0) is 21.6. The van der Waals surface area contributed by atoms with Crippen LogP contribution >= 0.6 is 0 Å². The van der Waals surface area contributed by atoms with Gasteiger partial charge in [0.25, 0.3) is 5.91 Å². The van der Waals surface area contributed by atoms with E-state index in [1.165, 1.54) is 33.4 Å². The van der Waals surface area contributed by atoms with E-state index in [1.807, 2.05) is 32.0 Å². The van der Waals surface area contributed by atoms with Crippen LogP contribution in [0.25, 0.3) is 28.2 Å². The highest BCUT2D eigenvalue weighted by Gasteiger charge is 2.24. The molecular formula is C22H20FN5O2. The van der Waals surface area contributed by atoms with Gasteiger partial charge < -0.3 is 5.73 Å². The maximum Gasteiger partial charge on any atom is 0.335 e. The van der Waals surface area contributed by atoms with Crippen LogP contribution in [0, 0.1) is 19.7 Å². The molecule has 0 aliphatic rings. The number of hydrogen-bond acceptors (Lipinski definition) is 4. The summed E-state index contributed by atoms with van der Waals surface area (Å²) in [6, 6.07) is 11.3. The van der Waals surface area contributed by atoms with Gasteiger partial charge in [0.2, 0.25) is 0 Å². The molecule has 2 heterocycles. The first kappa shape index (κ1) is 19.5. The Morgan fingerprint density at radius 2 is 1.80 bits per heavy atom. The molecule has 30 heavy (non-hydrogen) atoms. The van der Waals surface area contributed by atoms with Gasteiger partial charge in [-0.05, 0) is 56.7 Å². The van der Waals surface area contributed by atoms with Crippen LogP contribution < -0.4 is 11.4 Å². The second-order valence-corrected chi connectivity index (χ2v) is 7.09. The van der Waals surface area contributed by atoms with E-state index in [0.717, 1.165) is 16.7 Å². The van der Waals surface area contributed by atoms with E-state index < -0.39 is 17.4 Å². The molecule has 7 nitrogen and oxygen atoms in total. The van der Waals surface area contributed by atoms with Gasteiger partial charge in [-0.1, -0.05) is 17.7 Å². The van der Waals surface area contributed by atoms with Crippen LogP contribution in [0.5, 0.6) is 0 Å². The fourth-order valence-corrected chi connectivity index (χ4v) is 3.54. The number of nitrogens with zero attached hydrogens (tertiary/aromatic N) is 4. The quantitative estimate of drug-likeness (QED) is 0.564. The number of amides is 1. The van der Waals surface area contributed by atoms with Gasteiger partial charge in [-0.25, -0.2) is 23.7 Å². The fourth-order valence-electron chi connectivity index (χ4n) is 3.54. The van der Waals surface area contributed by atoms with Crippen molar-refractivity contribution >= 4 is 17.1 Å². The second-order valence-electron chi connectivity index (χ2n) is 7.09. The van der Waals surface area contributed by atoms with Crippen molar-refractivity contribution in [1.29, 1.82) is 0 Å². The Morgan fingerprint density at radius 1 is 1.10 bits per heavy atom. The summed E-state index contributed by atoms with van der Waals surface area (Å²) < 4.78 is 16.2. The molecule has 0 fully saturated rings. The van der Waals surface area contributed by atoms with E-state index in [2.05, 4.69) is 9.97 Å². The van der Waals surface area contributed by atoms with Crippen LogP contribution in [0.3, 0.4) is 0 Å². The van der Waals surface area contributed by atoms with Crippen LogP contribution in [-0.4, -0.2) is 25.0 Å². The Balaban J connectivity index is 2.15. The molecule has 0 saturated carbocycles. The third kappa shape index (κ3) is 3.06. The third-order valence-electron chi connectivity index (χ3n) is 5.04. The lowest BCUT2D eigenvalue weighted by Crippen LogP contribution is -2.23. The summed E-state index contributed by atoms with van der Waals surface area (Å²) in [6.07, 6.45) is 0. The van der Waals surface area contributed by atoms with E-state index in [4.69, 9.17) is 5.73 Å². The molecule has 0 aliphatic carbocycles. The number of hydrogen-bond donors (Lipinski definition) is 1. The van der Waals surface area contributed by atoms with E-state index >= 15 is 0 Å². The van der Waals surface area contributed by atoms with Gasteiger partial charge in [-0.2, -0.15) is 0 Å². The Labute approximate surface area is 171 Å². The number of halogens is 1. The zero-order valence-electron chi connectivity index (χ0n) is 16.8. The van der Waals surface area contributed by atoms with Crippen molar-refractivity contribution in [2.45, 2.75) is 27.3 Å². The number of carbonyl (C=O) groups is 1. The van der Waals surface area contributed by atoms with Gasteiger partial charge in [0.15, 0.2) is 17.2 Å². The van der Waals surface area contributed by atoms with Crippen molar-refractivity contribution in [2.24, 2.45) is 5.73 Å². The number of fused-ring (bicyclic) bond motifs is 1. The van der Waals surface area contributed by atoms with Crippen molar-refractivity contribution in [3.8, 4) is 17.1 Å². The van der Waals surface area contributed by atoms with Crippen molar-refractivity contribution in [2.75, 3.05) is 0 Å². The highest BCUT2D eigenvalue weighted by molar-refractivity contribution is 6.02. The van der Waals surface area contributed by atoms with E-state index in [9.17, 15) is 14.0 Å². The first-order valence-electron chi connectivity index (χ1n) is 9.48. The molecule has 2 N–H and O–H groups in total. The monoisotopic (exact) mass is 405 g/mol. The number of rotatable bonds is 4. The van der Waals surface area contributed by atoms with Crippen LogP contribution in [0.15, 0.2) is 47.3 Å². The number of aromatic nitrogens is 4. The Bertz CT molecular complexity index is 1350.